The Bertz CT molecular complexity index is 1100. The Hall–Kier alpha value is -3.61. The van der Waals surface area contributed by atoms with Crippen molar-refractivity contribution in [1.29, 1.82) is 0 Å². The summed E-state index contributed by atoms with van der Waals surface area (Å²) < 4.78 is 16.1. The lowest BCUT2D eigenvalue weighted by molar-refractivity contribution is 0.414. The van der Waals surface area contributed by atoms with Crippen LogP contribution in [0.4, 0.5) is 5.95 Å². The maximum absolute atomic E-state index is 5.48. The van der Waals surface area contributed by atoms with Crippen LogP contribution in [0.15, 0.2) is 57.8 Å². The number of aromatic nitrogens is 3. The minimum absolute atomic E-state index is 0.550. The molecule has 0 aliphatic rings. The average Bonchev–Trinajstić information content (AvgIpc) is 3.36. The summed E-state index contributed by atoms with van der Waals surface area (Å²) in [6, 6.07) is 11.8. The van der Waals surface area contributed by atoms with Gasteiger partial charge in [0, 0.05) is 24.4 Å². The SMILES string of the molecule is COc1ccc(CCNc2ncc(-c3cc(C)no3)c(-c3ccoc3C)n2)cc1. The van der Waals surface area contributed by atoms with Crippen molar-refractivity contribution in [3.63, 3.8) is 0 Å². The van der Waals surface area contributed by atoms with Crippen molar-refractivity contribution in [2.45, 2.75) is 20.3 Å². The maximum atomic E-state index is 5.48. The van der Waals surface area contributed by atoms with E-state index < -0.39 is 0 Å². The molecule has 0 saturated carbocycles. The van der Waals surface area contributed by atoms with Crippen molar-refractivity contribution in [2.75, 3.05) is 19.0 Å². The van der Waals surface area contributed by atoms with Crippen LogP contribution in [0.2, 0.25) is 0 Å². The Morgan fingerprint density at radius 3 is 2.55 bits per heavy atom. The van der Waals surface area contributed by atoms with Gasteiger partial charge in [-0.25, -0.2) is 9.97 Å². The minimum Gasteiger partial charge on any atom is -0.497 e. The van der Waals surface area contributed by atoms with Crippen LogP contribution >= 0.6 is 0 Å². The molecule has 0 aliphatic carbocycles. The number of furan rings is 1. The number of methoxy groups -OCH3 is 1. The van der Waals surface area contributed by atoms with Crippen LogP contribution < -0.4 is 10.1 Å². The van der Waals surface area contributed by atoms with Gasteiger partial charge < -0.3 is 19.0 Å². The van der Waals surface area contributed by atoms with E-state index in [0.717, 1.165) is 40.4 Å². The maximum Gasteiger partial charge on any atom is 0.223 e. The molecule has 0 unspecified atom stereocenters. The monoisotopic (exact) mass is 390 g/mol. The molecule has 148 valence electrons. The Morgan fingerprint density at radius 2 is 1.90 bits per heavy atom. The third kappa shape index (κ3) is 4.13. The molecule has 0 bridgehead atoms. The first-order valence-corrected chi connectivity index (χ1v) is 9.36. The summed E-state index contributed by atoms with van der Waals surface area (Å²) in [6.07, 6.45) is 4.25. The molecule has 7 heteroatoms. The highest BCUT2D eigenvalue weighted by Crippen LogP contribution is 2.33. The highest BCUT2D eigenvalue weighted by molar-refractivity contribution is 5.79. The number of rotatable bonds is 7. The van der Waals surface area contributed by atoms with Crippen LogP contribution in [-0.4, -0.2) is 28.8 Å². The van der Waals surface area contributed by atoms with Crippen molar-refractivity contribution in [1.82, 2.24) is 15.1 Å². The number of nitrogens with one attached hydrogen (secondary N) is 1. The van der Waals surface area contributed by atoms with Gasteiger partial charge in [-0.3, -0.25) is 0 Å². The first-order chi connectivity index (χ1) is 14.1. The number of aryl methyl sites for hydroxylation is 2. The van der Waals surface area contributed by atoms with Gasteiger partial charge in [0.05, 0.1) is 30.3 Å². The predicted octanol–water partition coefficient (Wildman–Crippen LogP) is 4.67. The van der Waals surface area contributed by atoms with E-state index in [1.165, 1.54) is 5.56 Å². The van der Waals surface area contributed by atoms with Gasteiger partial charge in [-0.05, 0) is 44.0 Å². The van der Waals surface area contributed by atoms with E-state index in [4.69, 9.17) is 18.7 Å². The quantitative estimate of drug-likeness (QED) is 0.491. The summed E-state index contributed by atoms with van der Waals surface area (Å²) in [5.74, 6) is 2.81. The summed E-state index contributed by atoms with van der Waals surface area (Å²) in [7, 11) is 1.66. The highest BCUT2D eigenvalue weighted by atomic mass is 16.5. The van der Waals surface area contributed by atoms with Gasteiger partial charge in [0.1, 0.15) is 11.5 Å². The molecule has 29 heavy (non-hydrogen) atoms. The summed E-state index contributed by atoms with van der Waals surface area (Å²) in [5.41, 5.74) is 4.43. The molecule has 0 aliphatic heterocycles. The fourth-order valence-corrected chi connectivity index (χ4v) is 3.08. The largest absolute Gasteiger partial charge is 0.497 e. The third-order valence-electron chi connectivity index (χ3n) is 4.65. The van der Waals surface area contributed by atoms with Gasteiger partial charge in [-0.15, -0.1) is 0 Å². The lowest BCUT2D eigenvalue weighted by atomic mass is 10.1. The van der Waals surface area contributed by atoms with E-state index in [0.29, 0.717) is 18.3 Å². The van der Waals surface area contributed by atoms with E-state index in [1.807, 2.05) is 38.1 Å². The van der Waals surface area contributed by atoms with Crippen molar-refractivity contribution >= 4 is 5.95 Å². The molecule has 3 heterocycles. The summed E-state index contributed by atoms with van der Waals surface area (Å²) in [5, 5.41) is 7.27. The van der Waals surface area contributed by atoms with Gasteiger partial charge in [0.15, 0.2) is 5.76 Å². The highest BCUT2D eigenvalue weighted by Gasteiger charge is 2.18. The lowest BCUT2D eigenvalue weighted by Gasteiger charge is -2.10. The summed E-state index contributed by atoms with van der Waals surface area (Å²) in [6.45, 7) is 4.49. The van der Waals surface area contributed by atoms with Crippen molar-refractivity contribution in [3.8, 4) is 28.3 Å². The van der Waals surface area contributed by atoms with E-state index in [1.54, 1.807) is 19.6 Å². The van der Waals surface area contributed by atoms with Crippen LogP contribution in [0.5, 0.6) is 5.75 Å². The molecular weight excluding hydrogens is 368 g/mol. The van der Waals surface area contributed by atoms with Crippen molar-refractivity contribution in [2.24, 2.45) is 0 Å². The first kappa shape index (κ1) is 18.7. The van der Waals surface area contributed by atoms with Gasteiger partial charge in [-0.2, -0.15) is 0 Å². The normalized spacial score (nSPS) is 10.9. The van der Waals surface area contributed by atoms with Crippen LogP contribution in [-0.2, 0) is 6.42 Å². The van der Waals surface area contributed by atoms with Gasteiger partial charge in [0.25, 0.3) is 0 Å². The molecule has 0 saturated heterocycles. The van der Waals surface area contributed by atoms with Crippen LogP contribution in [0.25, 0.3) is 22.6 Å². The Morgan fingerprint density at radius 1 is 1.07 bits per heavy atom. The number of anilines is 1. The smallest absolute Gasteiger partial charge is 0.223 e. The molecule has 4 aromatic rings. The molecule has 1 aromatic carbocycles. The molecular formula is C22H22N4O3. The standard InChI is InChI=1S/C22H22N4O3/c1-14-12-20(29-26-14)19-13-24-22(25-21(19)18-9-11-28-15(18)2)23-10-8-16-4-6-17(27-3)7-5-16/h4-7,9,11-13H,8,10H2,1-3H3,(H,23,24,25). The van der Waals surface area contributed by atoms with Gasteiger partial charge in [-0.1, -0.05) is 17.3 Å². The first-order valence-electron chi connectivity index (χ1n) is 9.36. The predicted molar refractivity (Wildman–Crippen MR) is 110 cm³/mol. The number of ether oxygens (including phenoxy) is 1. The Balaban J connectivity index is 1.55. The molecule has 0 atom stereocenters. The molecule has 0 spiro atoms. The molecule has 0 amide bonds. The summed E-state index contributed by atoms with van der Waals surface area (Å²) in [4.78, 5) is 9.19. The zero-order chi connectivity index (χ0) is 20.2. The van der Waals surface area contributed by atoms with E-state index in [9.17, 15) is 0 Å². The van der Waals surface area contributed by atoms with E-state index in [2.05, 4.69) is 27.6 Å². The van der Waals surface area contributed by atoms with Crippen LogP contribution in [0, 0.1) is 13.8 Å². The third-order valence-corrected chi connectivity index (χ3v) is 4.65. The molecule has 4 rings (SSSR count). The number of hydrogen-bond donors (Lipinski definition) is 1. The lowest BCUT2D eigenvalue weighted by Crippen LogP contribution is -2.08. The molecule has 3 aromatic heterocycles. The number of hydrogen-bond acceptors (Lipinski definition) is 7. The average molecular weight is 390 g/mol. The van der Waals surface area contributed by atoms with Crippen molar-refractivity contribution in [3.05, 3.63) is 65.9 Å². The molecule has 1 N–H and O–H groups in total. The number of nitrogens with zero attached hydrogens (tertiary/aromatic N) is 3. The second-order valence-corrected chi connectivity index (χ2v) is 6.70. The fraction of sp³-hybridized carbons (Fsp3) is 0.227. The molecule has 0 radical (unpaired) electrons. The van der Waals surface area contributed by atoms with Crippen LogP contribution in [0.3, 0.4) is 0 Å². The Labute approximate surface area is 168 Å². The van der Waals surface area contributed by atoms with Crippen molar-refractivity contribution < 1.29 is 13.7 Å². The van der Waals surface area contributed by atoms with Gasteiger partial charge in [0.2, 0.25) is 5.95 Å². The molecule has 0 fully saturated rings. The van der Waals surface area contributed by atoms with E-state index >= 15 is 0 Å². The second-order valence-electron chi connectivity index (χ2n) is 6.70. The topological polar surface area (TPSA) is 86.2 Å². The zero-order valence-electron chi connectivity index (χ0n) is 16.6. The molecule has 7 nitrogen and oxygen atoms in total. The van der Waals surface area contributed by atoms with Gasteiger partial charge >= 0.3 is 0 Å². The summed E-state index contributed by atoms with van der Waals surface area (Å²) >= 11 is 0. The number of benzene rings is 1. The second kappa shape index (κ2) is 8.18. The Kier molecular flexibility index (Phi) is 5.29. The fourth-order valence-electron chi connectivity index (χ4n) is 3.08. The zero-order valence-corrected chi connectivity index (χ0v) is 16.6. The van der Waals surface area contributed by atoms with Crippen LogP contribution in [0.1, 0.15) is 17.0 Å². The minimum atomic E-state index is 0.550. The van der Waals surface area contributed by atoms with E-state index in [-0.39, 0.29) is 0 Å².